The van der Waals surface area contributed by atoms with E-state index in [1.54, 1.807) is 18.4 Å². The van der Waals surface area contributed by atoms with Crippen molar-refractivity contribution in [1.82, 2.24) is 4.98 Å². The Hall–Kier alpha value is -2.27. The van der Waals surface area contributed by atoms with Gasteiger partial charge in [0.25, 0.3) is 0 Å². The van der Waals surface area contributed by atoms with Gasteiger partial charge in [-0.25, -0.2) is 4.98 Å². The lowest BCUT2D eigenvalue weighted by molar-refractivity contribution is 0.415. The van der Waals surface area contributed by atoms with Gasteiger partial charge in [-0.05, 0) is 42.5 Å². The molecule has 0 radical (unpaired) electrons. The summed E-state index contributed by atoms with van der Waals surface area (Å²) in [7, 11) is 5.74. The van der Waals surface area contributed by atoms with Gasteiger partial charge in [0.2, 0.25) is 0 Å². The summed E-state index contributed by atoms with van der Waals surface area (Å²) >= 11 is 1.62. The lowest BCUT2D eigenvalue weighted by atomic mass is 10.2. The fourth-order valence-electron chi connectivity index (χ4n) is 2.05. The molecule has 0 spiro atoms. The molecule has 108 valence electrons. The second-order valence-electron chi connectivity index (χ2n) is 4.92. The van der Waals surface area contributed by atoms with E-state index in [-0.39, 0.29) is 0 Å². The fourth-order valence-corrected chi connectivity index (χ4v) is 2.97. The third-order valence-electron chi connectivity index (χ3n) is 3.23. The molecule has 0 bridgehead atoms. The normalized spacial score (nSPS) is 10.6. The molecular weight excluding hydrogens is 282 g/mol. The molecule has 2 aromatic carbocycles. The Kier molecular flexibility index (Phi) is 3.66. The van der Waals surface area contributed by atoms with Gasteiger partial charge in [0.05, 0.1) is 17.3 Å². The first-order chi connectivity index (χ1) is 10.2. The molecule has 0 aliphatic rings. The minimum atomic E-state index is 0.855. The molecule has 0 atom stereocenters. The number of hydrogen-bond donors (Lipinski definition) is 1. The molecule has 0 aliphatic heterocycles. The number of aromatic nitrogens is 1. The topological polar surface area (TPSA) is 37.4 Å². The average Bonchev–Trinajstić information content (AvgIpc) is 2.88. The van der Waals surface area contributed by atoms with Crippen LogP contribution >= 0.6 is 11.3 Å². The first kappa shape index (κ1) is 13.7. The SMILES string of the molecule is COc1ccc2nc(Nc3ccc(N(C)C)cc3)sc2c1. The maximum atomic E-state index is 5.24. The van der Waals surface area contributed by atoms with Crippen LogP contribution in [0.5, 0.6) is 5.75 Å². The summed E-state index contributed by atoms with van der Waals surface area (Å²) in [6.45, 7) is 0. The zero-order valence-corrected chi connectivity index (χ0v) is 13.1. The zero-order chi connectivity index (χ0) is 14.8. The predicted molar refractivity (Wildman–Crippen MR) is 90.2 cm³/mol. The Morgan fingerprint density at radius 1 is 1.10 bits per heavy atom. The van der Waals surface area contributed by atoms with Crippen LogP contribution in [0.1, 0.15) is 0 Å². The molecule has 21 heavy (non-hydrogen) atoms. The quantitative estimate of drug-likeness (QED) is 0.786. The number of methoxy groups -OCH3 is 1. The molecular formula is C16H17N3OS. The Labute approximate surface area is 128 Å². The van der Waals surface area contributed by atoms with Gasteiger partial charge in [0, 0.05) is 25.5 Å². The van der Waals surface area contributed by atoms with E-state index in [4.69, 9.17) is 4.74 Å². The van der Waals surface area contributed by atoms with Gasteiger partial charge >= 0.3 is 0 Å². The summed E-state index contributed by atoms with van der Waals surface area (Å²) in [6.07, 6.45) is 0. The van der Waals surface area contributed by atoms with Gasteiger partial charge < -0.3 is 15.0 Å². The molecule has 4 nitrogen and oxygen atoms in total. The highest BCUT2D eigenvalue weighted by Crippen LogP contribution is 2.31. The van der Waals surface area contributed by atoms with Crippen molar-refractivity contribution in [1.29, 1.82) is 0 Å². The van der Waals surface area contributed by atoms with Crippen molar-refractivity contribution in [2.75, 3.05) is 31.4 Å². The lowest BCUT2D eigenvalue weighted by Gasteiger charge is -2.12. The largest absolute Gasteiger partial charge is 0.497 e. The maximum Gasteiger partial charge on any atom is 0.188 e. The number of thiazole rings is 1. The van der Waals surface area contributed by atoms with Crippen molar-refractivity contribution in [3.05, 3.63) is 42.5 Å². The van der Waals surface area contributed by atoms with E-state index in [0.29, 0.717) is 0 Å². The fraction of sp³-hybridized carbons (Fsp3) is 0.188. The molecule has 0 unspecified atom stereocenters. The Morgan fingerprint density at radius 3 is 2.52 bits per heavy atom. The average molecular weight is 299 g/mol. The molecule has 1 heterocycles. The Bertz CT molecular complexity index is 750. The summed E-state index contributed by atoms with van der Waals surface area (Å²) in [5.74, 6) is 0.855. The van der Waals surface area contributed by atoms with Gasteiger partial charge in [-0.2, -0.15) is 0 Å². The van der Waals surface area contributed by atoms with Crippen LogP contribution in [-0.2, 0) is 0 Å². The highest BCUT2D eigenvalue weighted by Gasteiger charge is 2.05. The number of nitrogens with zero attached hydrogens (tertiary/aromatic N) is 2. The van der Waals surface area contributed by atoms with Crippen molar-refractivity contribution in [2.45, 2.75) is 0 Å². The van der Waals surface area contributed by atoms with E-state index >= 15 is 0 Å². The first-order valence-electron chi connectivity index (χ1n) is 6.65. The highest BCUT2D eigenvalue weighted by molar-refractivity contribution is 7.22. The van der Waals surface area contributed by atoms with Crippen LogP contribution in [0.15, 0.2) is 42.5 Å². The van der Waals surface area contributed by atoms with Crippen LogP contribution in [0, 0.1) is 0 Å². The van der Waals surface area contributed by atoms with E-state index in [0.717, 1.165) is 26.8 Å². The molecule has 1 aromatic heterocycles. The Morgan fingerprint density at radius 2 is 1.86 bits per heavy atom. The second kappa shape index (κ2) is 5.61. The summed E-state index contributed by atoms with van der Waals surface area (Å²) in [4.78, 5) is 6.66. The van der Waals surface area contributed by atoms with Crippen LogP contribution in [0.4, 0.5) is 16.5 Å². The summed E-state index contributed by atoms with van der Waals surface area (Å²) < 4.78 is 6.35. The van der Waals surface area contributed by atoms with Crippen molar-refractivity contribution in [2.24, 2.45) is 0 Å². The van der Waals surface area contributed by atoms with Gasteiger partial charge in [0.15, 0.2) is 5.13 Å². The van der Waals surface area contributed by atoms with Crippen molar-refractivity contribution in [3.63, 3.8) is 0 Å². The summed E-state index contributed by atoms with van der Waals surface area (Å²) in [5.41, 5.74) is 3.19. The monoisotopic (exact) mass is 299 g/mol. The first-order valence-corrected chi connectivity index (χ1v) is 7.46. The van der Waals surface area contributed by atoms with E-state index in [1.165, 1.54) is 5.69 Å². The van der Waals surface area contributed by atoms with Gasteiger partial charge in [-0.15, -0.1) is 0 Å². The van der Waals surface area contributed by atoms with Crippen molar-refractivity contribution < 1.29 is 4.74 Å². The molecule has 0 saturated carbocycles. The van der Waals surface area contributed by atoms with E-state index in [1.807, 2.05) is 32.3 Å². The molecule has 3 rings (SSSR count). The molecule has 5 heteroatoms. The number of fused-ring (bicyclic) bond motifs is 1. The van der Waals surface area contributed by atoms with Gasteiger partial charge in [-0.1, -0.05) is 11.3 Å². The number of rotatable bonds is 4. The minimum absolute atomic E-state index is 0.855. The molecule has 3 aromatic rings. The van der Waals surface area contributed by atoms with Crippen LogP contribution < -0.4 is 15.0 Å². The maximum absolute atomic E-state index is 5.24. The third kappa shape index (κ3) is 2.92. The molecule has 1 N–H and O–H groups in total. The summed E-state index contributed by atoms with van der Waals surface area (Å²) in [6, 6.07) is 14.2. The third-order valence-corrected chi connectivity index (χ3v) is 4.16. The van der Waals surface area contributed by atoms with E-state index in [2.05, 4.69) is 39.5 Å². The van der Waals surface area contributed by atoms with E-state index in [9.17, 15) is 0 Å². The molecule has 0 aliphatic carbocycles. The van der Waals surface area contributed by atoms with Crippen LogP contribution in [-0.4, -0.2) is 26.2 Å². The molecule has 0 fully saturated rings. The minimum Gasteiger partial charge on any atom is -0.497 e. The van der Waals surface area contributed by atoms with Crippen LogP contribution in [0.2, 0.25) is 0 Å². The lowest BCUT2D eigenvalue weighted by Crippen LogP contribution is -2.08. The van der Waals surface area contributed by atoms with E-state index < -0.39 is 0 Å². The summed E-state index contributed by atoms with van der Waals surface area (Å²) in [5, 5.41) is 4.23. The zero-order valence-electron chi connectivity index (χ0n) is 12.3. The number of hydrogen-bond acceptors (Lipinski definition) is 5. The van der Waals surface area contributed by atoms with Crippen LogP contribution in [0.25, 0.3) is 10.2 Å². The van der Waals surface area contributed by atoms with Crippen molar-refractivity contribution in [3.8, 4) is 5.75 Å². The number of ether oxygens (including phenoxy) is 1. The second-order valence-corrected chi connectivity index (χ2v) is 5.95. The van der Waals surface area contributed by atoms with Crippen molar-refractivity contribution >= 4 is 38.1 Å². The van der Waals surface area contributed by atoms with Crippen LogP contribution in [0.3, 0.4) is 0 Å². The standard InChI is InChI=1S/C16H17N3OS/c1-19(2)12-6-4-11(5-7-12)17-16-18-14-9-8-13(20-3)10-15(14)21-16/h4-10H,1-3H3,(H,17,18). The molecule has 0 saturated heterocycles. The smallest absolute Gasteiger partial charge is 0.188 e. The number of nitrogens with one attached hydrogen (secondary N) is 1. The number of anilines is 3. The highest BCUT2D eigenvalue weighted by atomic mass is 32.1. The molecule has 0 amide bonds. The van der Waals surface area contributed by atoms with Gasteiger partial charge in [0.1, 0.15) is 5.75 Å². The van der Waals surface area contributed by atoms with Gasteiger partial charge in [-0.3, -0.25) is 0 Å². The number of benzene rings is 2. The predicted octanol–water partition coefficient (Wildman–Crippen LogP) is 4.11. The Balaban J connectivity index is 1.84.